The van der Waals surface area contributed by atoms with Gasteiger partial charge in [0.2, 0.25) is 15.9 Å². The Hall–Kier alpha value is -1.11. The van der Waals surface area contributed by atoms with Gasteiger partial charge in [-0.3, -0.25) is 4.79 Å². The summed E-state index contributed by atoms with van der Waals surface area (Å²) in [6.45, 7) is 1.93. The molecule has 0 bridgehead atoms. The number of amides is 1. The first-order chi connectivity index (χ1) is 9.72. The number of hydrogen-bond donors (Lipinski definition) is 2. The molecule has 0 saturated heterocycles. The molecular formula is C14H19ClN2O3S. The lowest BCUT2D eigenvalue weighted by atomic mass is 9.75. The monoisotopic (exact) mass is 330 g/mol. The Morgan fingerprint density at radius 3 is 2.48 bits per heavy atom. The van der Waals surface area contributed by atoms with Crippen LogP contribution in [0.1, 0.15) is 39.0 Å². The van der Waals surface area contributed by atoms with Gasteiger partial charge in [-0.15, -0.1) is 0 Å². The zero-order chi connectivity index (χ0) is 15.7. The molecule has 0 atom stereocenters. The maximum absolute atomic E-state index is 12.5. The topological polar surface area (TPSA) is 89.3 Å². The summed E-state index contributed by atoms with van der Waals surface area (Å²) in [7, 11) is -3.83. The van der Waals surface area contributed by atoms with E-state index in [2.05, 4.69) is 5.32 Å². The third-order valence-corrected chi connectivity index (χ3v) is 5.26. The SMILES string of the molecule is CC1(C(=O)Nc2cc(S(N)(=O)=O)ccc2Cl)CCCCC1. The van der Waals surface area contributed by atoms with Gasteiger partial charge < -0.3 is 5.32 Å². The zero-order valence-electron chi connectivity index (χ0n) is 11.9. The van der Waals surface area contributed by atoms with Crippen LogP contribution in [-0.4, -0.2) is 14.3 Å². The van der Waals surface area contributed by atoms with Crippen LogP contribution in [0.4, 0.5) is 5.69 Å². The standard InChI is InChI=1S/C14H19ClN2O3S/c1-14(7-3-2-4-8-14)13(18)17-12-9-10(21(16,19)20)5-6-11(12)15/h5-6,9H,2-4,7-8H2,1H3,(H,17,18)(H2,16,19,20). The Kier molecular flexibility index (Phi) is 4.60. The van der Waals surface area contributed by atoms with Crippen molar-refractivity contribution in [2.75, 3.05) is 5.32 Å². The van der Waals surface area contributed by atoms with Crippen molar-refractivity contribution in [1.29, 1.82) is 0 Å². The first-order valence-corrected chi connectivity index (χ1v) is 8.79. The van der Waals surface area contributed by atoms with Gasteiger partial charge in [0.05, 0.1) is 15.6 Å². The number of carbonyl (C=O) groups excluding carboxylic acids is 1. The Balaban J connectivity index is 2.24. The number of carbonyl (C=O) groups is 1. The highest BCUT2D eigenvalue weighted by atomic mass is 35.5. The summed E-state index contributed by atoms with van der Waals surface area (Å²) in [6, 6.07) is 4.03. The quantitative estimate of drug-likeness (QED) is 0.893. The van der Waals surface area contributed by atoms with Crippen molar-refractivity contribution in [1.82, 2.24) is 0 Å². The molecule has 1 saturated carbocycles. The molecule has 1 aliphatic carbocycles. The van der Waals surface area contributed by atoms with Gasteiger partial charge in [-0.25, -0.2) is 13.6 Å². The molecule has 0 unspecified atom stereocenters. The predicted octanol–water partition coefficient (Wildman–Crippen LogP) is 2.90. The van der Waals surface area contributed by atoms with Crippen molar-refractivity contribution in [3.05, 3.63) is 23.2 Å². The predicted molar refractivity (Wildman–Crippen MR) is 82.6 cm³/mol. The lowest BCUT2D eigenvalue weighted by molar-refractivity contribution is -0.126. The molecule has 2 rings (SSSR count). The van der Waals surface area contributed by atoms with Crippen molar-refractivity contribution in [3.8, 4) is 0 Å². The molecule has 7 heteroatoms. The Morgan fingerprint density at radius 1 is 1.29 bits per heavy atom. The van der Waals surface area contributed by atoms with Crippen LogP contribution in [0.5, 0.6) is 0 Å². The number of benzene rings is 1. The van der Waals surface area contributed by atoms with Crippen LogP contribution in [0, 0.1) is 5.41 Å². The summed E-state index contributed by atoms with van der Waals surface area (Å²) < 4.78 is 22.7. The third kappa shape index (κ3) is 3.75. The second-order valence-corrected chi connectivity index (χ2v) is 7.73. The average molecular weight is 331 g/mol. The molecule has 0 spiro atoms. The lowest BCUT2D eigenvalue weighted by Crippen LogP contribution is -2.35. The maximum atomic E-state index is 12.5. The molecule has 5 nitrogen and oxygen atoms in total. The van der Waals surface area contributed by atoms with Crippen LogP contribution in [0.3, 0.4) is 0 Å². The minimum absolute atomic E-state index is 0.0732. The van der Waals surface area contributed by atoms with Crippen molar-refractivity contribution in [3.63, 3.8) is 0 Å². The highest BCUT2D eigenvalue weighted by Crippen LogP contribution is 2.37. The van der Waals surface area contributed by atoms with Gasteiger partial charge in [0.1, 0.15) is 0 Å². The van der Waals surface area contributed by atoms with Crippen LogP contribution in [-0.2, 0) is 14.8 Å². The summed E-state index contributed by atoms with van der Waals surface area (Å²) in [5, 5.41) is 8.12. The molecule has 0 heterocycles. The van der Waals surface area contributed by atoms with E-state index in [4.69, 9.17) is 16.7 Å². The number of nitrogens with two attached hydrogens (primary N) is 1. The molecule has 0 radical (unpaired) electrons. The molecular weight excluding hydrogens is 312 g/mol. The molecule has 1 fully saturated rings. The third-order valence-electron chi connectivity index (χ3n) is 4.02. The number of nitrogens with one attached hydrogen (secondary N) is 1. The van der Waals surface area contributed by atoms with Crippen LogP contribution >= 0.6 is 11.6 Å². The highest BCUT2D eigenvalue weighted by molar-refractivity contribution is 7.89. The van der Waals surface area contributed by atoms with E-state index in [1.54, 1.807) is 0 Å². The fraction of sp³-hybridized carbons (Fsp3) is 0.500. The summed E-state index contributed by atoms with van der Waals surface area (Å²) in [4.78, 5) is 12.4. The number of halogens is 1. The number of sulfonamides is 1. The fourth-order valence-electron chi connectivity index (χ4n) is 2.61. The van der Waals surface area contributed by atoms with E-state index >= 15 is 0 Å². The molecule has 3 N–H and O–H groups in total. The molecule has 1 aliphatic rings. The van der Waals surface area contributed by atoms with Gasteiger partial charge in [-0.05, 0) is 31.0 Å². The molecule has 1 aromatic carbocycles. The number of primary sulfonamides is 1. The van der Waals surface area contributed by atoms with Crippen molar-refractivity contribution >= 4 is 33.2 Å². The molecule has 116 valence electrons. The van der Waals surface area contributed by atoms with E-state index in [1.807, 2.05) is 6.92 Å². The first-order valence-electron chi connectivity index (χ1n) is 6.86. The van der Waals surface area contributed by atoms with Crippen molar-refractivity contribution in [2.24, 2.45) is 10.6 Å². The fourth-order valence-corrected chi connectivity index (χ4v) is 3.31. The van der Waals surface area contributed by atoms with Crippen molar-refractivity contribution in [2.45, 2.75) is 43.9 Å². The average Bonchev–Trinajstić information content (AvgIpc) is 2.40. The number of anilines is 1. The van der Waals surface area contributed by atoms with Crippen LogP contribution < -0.4 is 10.5 Å². The van der Waals surface area contributed by atoms with Gasteiger partial charge in [0.25, 0.3) is 0 Å². The van der Waals surface area contributed by atoms with E-state index in [9.17, 15) is 13.2 Å². The Morgan fingerprint density at radius 2 is 1.90 bits per heavy atom. The summed E-state index contributed by atoms with van der Waals surface area (Å²) in [5.41, 5.74) is -0.154. The minimum atomic E-state index is -3.83. The van der Waals surface area contributed by atoms with E-state index < -0.39 is 15.4 Å². The first kappa shape index (κ1) is 16.3. The van der Waals surface area contributed by atoms with Crippen LogP contribution in [0.25, 0.3) is 0 Å². The van der Waals surface area contributed by atoms with E-state index in [-0.39, 0.29) is 21.5 Å². The normalized spacial score (nSPS) is 18.2. The van der Waals surface area contributed by atoms with Gasteiger partial charge in [-0.1, -0.05) is 37.8 Å². The number of rotatable bonds is 3. The van der Waals surface area contributed by atoms with Crippen molar-refractivity contribution < 1.29 is 13.2 Å². The van der Waals surface area contributed by atoms with Crippen LogP contribution in [0.2, 0.25) is 5.02 Å². The summed E-state index contributed by atoms with van der Waals surface area (Å²) in [6.07, 6.45) is 4.84. The summed E-state index contributed by atoms with van der Waals surface area (Å²) in [5.74, 6) is -0.129. The van der Waals surface area contributed by atoms with Gasteiger partial charge in [0.15, 0.2) is 0 Å². The second-order valence-electron chi connectivity index (χ2n) is 5.76. The Labute approximate surface area is 129 Å². The lowest BCUT2D eigenvalue weighted by Gasteiger charge is -2.32. The molecule has 21 heavy (non-hydrogen) atoms. The number of hydrogen-bond acceptors (Lipinski definition) is 3. The van der Waals surface area contributed by atoms with Gasteiger partial charge in [0, 0.05) is 5.41 Å². The van der Waals surface area contributed by atoms with E-state index in [0.717, 1.165) is 32.1 Å². The second kappa shape index (κ2) is 5.94. The van der Waals surface area contributed by atoms with E-state index in [0.29, 0.717) is 0 Å². The largest absolute Gasteiger partial charge is 0.324 e. The minimum Gasteiger partial charge on any atom is -0.324 e. The highest BCUT2D eigenvalue weighted by Gasteiger charge is 2.34. The van der Waals surface area contributed by atoms with Crippen LogP contribution in [0.15, 0.2) is 23.1 Å². The van der Waals surface area contributed by atoms with Gasteiger partial charge >= 0.3 is 0 Å². The molecule has 1 aromatic rings. The summed E-state index contributed by atoms with van der Waals surface area (Å²) >= 11 is 6.02. The molecule has 0 aliphatic heterocycles. The smallest absolute Gasteiger partial charge is 0.238 e. The zero-order valence-corrected chi connectivity index (χ0v) is 13.4. The maximum Gasteiger partial charge on any atom is 0.238 e. The van der Waals surface area contributed by atoms with E-state index in [1.165, 1.54) is 18.2 Å². The molecule has 1 amide bonds. The Bertz CT molecular complexity index is 652. The molecule has 0 aromatic heterocycles. The van der Waals surface area contributed by atoms with Gasteiger partial charge in [-0.2, -0.15) is 0 Å².